The van der Waals surface area contributed by atoms with Crippen molar-refractivity contribution in [2.24, 2.45) is 17.3 Å². The number of benzene rings is 1. The molecule has 0 saturated heterocycles. The highest BCUT2D eigenvalue weighted by molar-refractivity contribution is 5.88. The Kier molecular flexibility index (Phi) is 7.69. The summed E-state index contributed by atoms with van der Waals surface area (Å²) in [5, 5.41) is 26.0. The Morgan fingerprint density at radius 3 is 2.30 bits per heavy atom. The quantitative estimate of drug-likeness (QED) is 0.382. The highest BCUT2D eigenvalue weighted by atomic mass is 16.5. The minimum absolute atomic E-state index is 0.0323. The summed E-state index contributed by atoms with van der Waals surface area (Å²) < 4.78 is 5.38. The summed E-state index contributed by atoms with van der Waals surface area (Å²) in [7, 11) is 0. The second kappa shape index (κ2) is 9.82. The van der Waals surface area contributed by atoms with E-state index in [0.29, 0.717) is 11.7 Å². The number of amides is 2. The van der Waals surface area contributed by atoms with Crippen LogP contribution in [0.4, 0.5) is 0 Å². The van der Waals surface area contributed by atoms with Crippen molar-refractivity contribution in [3.05, 3.63) is 36.2 Å². The number of aliphatic hydroxyl groups is 1. The topological polar surface area (TPSA) is 138 Å². The van der Waals surface area contributed by atoms with Crippen molar-refractivity contribution < 1.29 is 24.4 Å². The standard InChI is InChI=1S/C21H30N4O5/c1-12(2)11-14(15(26)19(28)24-29)18(27)22-16(21(3,4)5)17-23-20(30-25-17)13-9-7-6-8-10-13/h6-10,12,14-16,26,29H,11H2,1-5H3,(H,22,27)(H,24,28)/t14-,15+,16-/m1/s1. The van der Waals surface area contributed by atoms with Gasteiger partial charge in [0.1, 0.15) is 6.10 Å². The van der Waals surface area contributed by atoms with Crippen LogP contribution in [-0.4, -0.2) is 38.4 Å². The molecule has 4 N–H and O–H groups in total. The summed E-state index contributed by atoms with van der Waals surface area (Å²) in [4.78, 5) is 29.2. The highest BCUT2D eigenvalue weighted by Crippen LogP contribution is 2.33. The largest absolute Gasteiger partial charge is 0.382 e. The lowest BCUT2D eigenvalue weighted by Crippen LogP contribution is -2.48. The number of aromatic nitrogens is 2. The molecule has 0 spiro atoms. The Labute approximate surface area is 175 Å². The van der Waals surface area contributed by atoms with Gasteiger partial charge in [0.05, 0.1) is 12.0 Å². The van der Waals surface area contributed by atoms with E-state index in [2.05, 4.69) is 15.5 Å². The number of carbonyl (C=O) groups excluding carboxylic acids is 2. The molecular weight excluding hydrogens is 388 g/mol. The zero-order chi connectivity index (χ0) is 22.5. The maximum absolute atomic E-state index is 13.0. The van der Waals surface area contributed by atoms with Crippen LogP contribution in [0.2, 0.25) is 0 Å². The summed E-state index contributed by atoms with van der Waals surface area (Å²) in [5.74, 6) is -1.97. The predicted molar refractivity (Wildman–Crippen MR) is 109 cm³/mol. The van der Waals surface area contributed by atoms with Crippen molar-refractivity contribution in [3.63, 3.8) is 0 Å². The van der Waals surface area contributed by atoms with Crippen LogP contribution < -0.4 is 10.8 Å². The number of hydroxylamine groups is 1. The van der Waals surface area contributed by atoms with Crippen LogP contribution in [0.15, 0.2) is 34.9 Å². The van der Waals surface area contributed by atoms with Gasteiger partial charge in [-0.25, -0.2) is 5.48 Å². The molecule has 0 fully saturated rings. The highest BCUT2D eigenvalue weighted by Gasteiger charge is 2.38. The summed E-state index contributed by atoms with van der Waals surface area (Å²) in [6, 6.07) is 8.63. The molecule has 0 aliphatic carbocycles. The first kappa shape index (κ1) is 23.5. The van der Waals surface area contributed by atoms with Crippen LogP contribution in [0.1, 0.15) is 52.9 Å². The fraction of sp³-hybridized carbons (Fsp3) is 0.524. The van der Waals surface area contributed by atoms with Crippen LogP contribution in [0.5, 0.6) is 0 Å². The maximum atomic E-state index is 13.0. The molecular formula is C21H30N4O5. The average molecular weight is 418 g/mol. The molecule has 3 atom stereocenters. The van der Waals surface area contributed by atoms with E-state index < -0.39 is 35.3 Å². The van der Waals surface area contributed by atoms with Crippen LogP contribution in [0.25, 0.3) is 11.5 Å². The monoisotopic (exact) mass is 418 g/mol. The Hall–Kier alpha value is -2.78. The summed E-state index contributed by atoms with van der Waals surface area (Å²) >= 11 is 0. The third kappa shape index (κ3) is 5.87. The van der Waals surface area contributed by atoms with Gasteiger partial charge in [-0.2, -0.15) is 4.98 Å². The maximum Gasteiger partial charge on any atom is 0.272 e. The normalized spacial score (nSPS) is 14.8. The van der Waals surface area contributed by atoms with Gasteiger partial charge in [0.25, 0.3) is 11.8 Å². The van der Waals surface area contributed by atoms with E-state index in [0.717, 1.165) is 5.56 Å². The second-order valence-corrected chi connectivity index (χ2v) is 8.79. The first-order valence-corrected chi connectivity index (χ1v) is 9.86. The van der Waals surface area contributed by atoms with Gasteiger partial charge in [-0.1, -0.05) is 58.0 Å². The zero-order valence-corrected chi connectivity index (χ0v) is 17.9. The van der Waals surface area contributed by atoms with Crippen LogP contribution >= 0.6 is 0 Å². The average Bonchev–Trinajstić information content (AvgIpc) is 3.18. The second-order valence-electron chi connectivity index (χ2n) is 8.79. The van der Waals surface area contributed by atoms with Gasteiger partial charge in [-0.15, -0.1) is 0 Å². The molecule has 9 nitrogen and oxygen atoms in total. The fourth-order valence-electron chi connectivity index (χ4n) is 3.10. The smallest absolute Gasteiger partial charge is 0.272 e. The van der Waals surface area contributed by atoms with Crippen molar-refractivity contribution in [3.8, 4) is 11.5 Å². The van der Waals surface area contributed by atoms with E-state index in [9.17, 15) is 14.7 Å². The van der Waals surface area contributed by atoms with Crippen LogP contribution in [0.3, 0.4) is 0 Å². The number of carbonyl (C=O) groups is 2. The lowest BCUT2D eigenvalue weighted by molar-refractivity contribution is -0.147. The van der Waals surface area contributed by atoms with Gasteiger partial charge in [0.2, 0.25) is 5.91 Å². The number of nitrogens with zero attached hydrogens (tertiary/aromatic N) is 2. The number of hydrogen-bond donors (Lipinski definition) is 4. The molecule has 2 aromatic rings. The van der Waals surface area contributed by atoms with Gasteiger partial charge in [-0.3, -0.25) is 14.8 Å². The molecule has 30 heavy (non-hydrogen) atoms. The molecule has 0 radical (unpaired) electrons. The van der Waals surface area contributed by atoms with E-state index in [4.69, 9.17) is 9.73 Å². The Bertz CT molecular complexity index is 845. The van der Waals surface area contributed by atoms with E-state index in [1.807, 2.05) is 65.0 Å². The molecule has 1 aromatic carbocycles. The molecule has 2 amide bonds. The van der Waals surface area contributed by atoms with Gasteiger partial charge in [0.15, 0.2) is 5.82 Å². The first-order chi connectivity index (χ1) is 14.0. The predicted octanol–water partition coefficient (Wildman–Crippen LogP) is 2.47. The van der Waals surface area contributed by atoms with Crippen molar-refractivity contribution in [2.45, 2.75) is 53.2 Å². The Morgan fingerprint density at radius 1 is 1.13 bits per heavy atom. The molecule has 0 saturated carbocycles. The van der Waals surface area contributed by atoms with E-state index in [1.54, 1.807) is 0 Å². The number of aliphatic hydroxyl groups excluding tert-OH is 1. The molecule has 9 heteroatoms. The molecule has 0 aliphatic rings. The molecule has 0 aliphatic heterocycles. The molecule has 164 valence electrons. The fourth-order valence-corrected chi connectivity index (χ4v) is 3.10. The van der Waals surface area contributed by atoms with Crippen LogP contribution in [-0.2, 0) is 9.59 Å². The first-order valence-electron chi connectivity index (χ1n) is 9.86. The minimum atomic E-state index is -1.69. The third-order valence-corrected chi connectivity index (χ3v) is 4.70. The van der Waals surface area contributed by atoms with Crippen LogP contribution in [0, 0.1) is 17.3 Å². The number of hydrogen-bond acceptors (Lipinski definition) is 7. The number of rotatable bonds is 8. The molecule has 2 rings (SSSR count). The molecule has 1 aromatic heterocycles. The van der Waals surface area contributed by atoms with E-state index >= 15 is 0 Å². The van der Waals surface area contributed by atoms with Crippen molar-refractivity contribution in [1.82, 2.24) is 20.9 Å². The zero-order valence-electron chi connectivity index (χ0n) is 17.9. The van der Waals surface area contributed by atoms with Crippen molar-refractivity contribution >= 4 is 11.8 Å². The summed E-state index contributed by atoms with van der Waals surface area (Å²) in [6.07, 6.45) is -1.44. The lowest BCUT2D eigenvalue weighted by Gasteiger charge is -2.31. The van der Waals surface area contributed by atoms with Gasteiger partial charge < -0.3 is 14.9 Å². The summed E-state index contributed by atoms with van der Waals surface area (Å²) in [5.41, 5.74) is 1.67. The molecule has 0 bridgehead atoms. The van der Waals surface area contributed by atoms with Crippen molar-refractivity contribution in [1.29, 1.82) is 0 Å². The van der Waals surface area contributed by atoms with Crippen molar-refractivity contribution in [2.75, 3.05) is 0 Å². The molecule has 0 unspecified atom stereocenters. The van der Waals surface area contributed by atoms with Gasteiger partial charge in [-0.05, 0) is 29.9 Å². The van der Waals surface area contributed by atoms with Gasteiger partial charge in [0, 0.05) is 5.56 Å². The van der Waals surface area contributed by atoms with E-state index in [-0.39, 0.29) is 12.3 Å². The minimum Gasteiger partial charge on any atom is -0.382 e. The number of nitrogens with one attached hydrogen (secondary N) is 2. The third-order valence-electron chi connectivity index (χ3n) is 4.70. The lowest BCUT2D eigenvalue weighted by atomic mass is 9.84. The SMILES string of the molecule is CC(C)C[C@@H](C(=O)N[C@H](c1noc(-c2ccccc2)n1)C(C)(C)C)[C@H](O)C(=O)NO. The molecule has 1 heterocycles. The Balaban J connectivity index is 2.30. The summed E-state index contributed by atoms with van der Waals surface area (Å²) in [6.45, 7) is 9.47. The van der Waals surface area contributed by atoms with E-state index in [1.165, 1.54) is 5.48 Å². The Morgan fingerprint density at radius 2 is 1.77 bits per heavy atom. The van der Waals surface area contributed by atoms with Gasteiger partial charge >= 0.3 is 0 Å².